The first-order chi connectivity index (χ1) is 8.85. The Labute approximate surface area is 118 Å². The molecule has 1 rings (SSSR count). The molecule has 8 heteroatoms. The molecule has 0 fully saturated rings. The molecule has 19 heavy (non-hydrogen) atoms. The summed E-state index contributed by atoms with van der Waals surface area (Å²) < 4.78 is 0.544. The molecule has 0 aliphatic carbocycles. The summed E-state index contributed by atoms with van der Waals surface area (Å²) in [5.74, 6) is 0. The third kappa shape index (κ3) is 4.18. The van der Waals surface area contributed by atoms with Crippen LogP contribution in [0, 0.1) is 17.0 Å². The van der Waals surface area contributed by atoms with Crippen LogP contribution in [0.25, 0.3) is 0 Å². The lowest BCUT2D eigenvalue weighted by molar-refractivity contribution is -0.385. The number of carbonyl (C=O) groups is 1. The highest BCUT2D eigenvalue weighted by Crippen LogP contribution is 2.30. The van der Waals surface area contributed by atoms with E-state index in [4.69, 9.17) is 5.11 Å². The van der Waals surface area contributed by atoms with Gasteiger partial charge in [-0.1, -0.05) is 0 Å². The predicted molar refractivity (Wildman–Crippen MR) is 74.2 cm³/mol. The van der Waals surface area contributed by atoms with E-state index in [1.54, 1.807) is 19.9 Å². The maximum absolute atomic E-state index is 11.6. The number of aliphatic hydroxyl groups is 1. The number of aryl methyl sites for hydroxylation is 1. The molecule has 0 aliphatic rings. The summed E-state index contributed by atoms with van der Waals surface area (Å²) in [6.45, 7) is 3.05. The van der Waals surface area contributed by atoms with Crippen LogP contribution in [0.15, 0.2) is 16.6 Å². The zero-order chi connectivity index (χ0) is 14.6. The van der Waals surface area contributed by atoms with Crippen LogP contribution in [0.3, 0.4) is 0 Å². The number of nitrogens with one attached hydrogen (secondary N) is 2. The molecule has 0 heterocycles. The molecule has 7 nitrogen and oxygen atoms in total. The number of anilines is 1. The molecule has 0 saturated carbocycles. The van der Waals surface area contributed by atoms with E-state index >= 15 is 0 Å². The van der Waals surface area contributed by atoms with Crippen molar-refractivity contribution in [1.82, 2.24) is 5.32 Å². The molecule has 1 atom stereocenters. The summed E-state index contributed by atoms with van der Waals surface area (Å²) in [4.78, 5) is 21.9. The first-order valence-corrected chi connectivity index (χ1v) is 6.27. The van der Waals surface area contributed by atoms with Gasteiger partial charge in [0.25, 0.3) is 5.69 Å². The Balaban J connectivity index is 2.92. The lowest BCUT2D eigenvalue weighted by atomic mass is 10.2. The topological polar surface area (TPSA) is 104 Å². The highest BCUT2D eigenvalue weighted by Gasteiger charge is 2.16. The maximum Gasteiger partial charge on any atom is 0.319 e. The van der Waals surface area contributed by atoms with E-state index in [9.17, 15) is 14.9 Å². The predicted octanol–water partition coefficient (Wildman–Crippen LogP) is 2.17. The SMILES string of the molecule is Cc1cc(Br)c(NC(=O)N[C@@H](C)CO)cc1[N+](=O)[O-]. The van der Waals surface area contributed by atoms with Crippen LogP contribution in [0.1, 0.15) is 12.5 Å². The van der Waals surface area contributed by atoms with Gasteiger partial charge in [0, 0.05) is 16.1 Å². The average Bonchev–Trinajstić information content (AvgIpc) is 2.31. The van der Waals surface area contributed by atoms with E-state index in [1.165, 1.54) is 6.07 Å². The molecular weight excluding hydrogens is 318 g/mol. The van der Waals surface area contributed by atoms with Crippen molar-refractivity contribution in [3.05, 3.63) is 32.3 Å². The maximum atomic E-state index is 11.6. The Kier molecular flexibility index (Phi) is 5.25. The molecule has 0 saturated heterocycles. The van der Waals surface area contributed by atoms with E-state index in [2.05, 4.69) is 26.6 Å². The number of nitro groups is 1. The smallest absolute Gasteiger partial charge is 0.319 e. The molecule has 0 aromatic heterocycles. The van der Waals surface area contributed by atoms with Gasteiger partial charge < -0.3 is 15.7 Å². The molecule has 0 aliphatic heterocycles. The number of urea groups is 1. The first kappa shape index (κ1) is 15.4. The molecule has 0 spiro atoms. The van der Waals surface area contributed by atoms with Crippen LogP contribution in [-0.2, 0) is 0 Å². The summed E-state index contributed by atoms with van der Waals surface area (Å²) >= 11 is 3.23. The number of amides is 2. The summed E-state index contributed by atoms with van der Waals surface area (Å²) in [5.41, 5.74) is 0.709. The zero-order valence-corrected chi connectivity index (χ0v) is 12.0. The second kappa shape index (κ2) is 6.48. The van der Waals surface area contributed by atoms with Gasteiger partial charge in [0.15, 0.2) is 0 Å². The van der Waals surface area contributed by atoms with Crippen molar-refractivity contribution in [3.8, 4) is 0 Å². The number of hydrogen-bond donors (Lipinski definition) is 3. The van der Waals surface area contributed by atoms with E-state index in [0.29, 0.717) is 15.7 Å². The van der Waals surface area contributed by atoms with Crippen LogP contribution >= 0.6 is 15.9 Å². The lowest BCUT2D eigenvalue weighted by Crippen LogP contribution is -2.38. The minimum Gasteiger partial charge on any atom is -0.394 e. The van der Waals surface area contributed by atoms with Crippen molar-refractivity contribution in [2.75, 3.05) is 11.9 Å². The van der Waals surface area contributed by atoms with Gasteiger partial charge in [0.1, 0.15) is 0 Å². The summed E-state index contributed by atoms with van der Waals surface area (Å²) in [5, 5.41) is 24.6. The molecule has 104 valence electrons. The van der Waals surface area contributed by atoms with Crippen molar-refractivity contribution in [2.45, 2.75) is 19.9 Å². The van der Waals surface area contributed by atoms with E-state index in [-0.39, 0.29) is 12.3 Å². The van der Waals surface area contributed by atoms with Crippen molar-refractivity contribution in [1.29, 1.82) is 0 Å². The highest BCUT2D eigenvalue weighted by molar-refractivity contribution is 9.10. The fraction of sp³-hybridized carbons (Fsp3) is 0.364. The normalized spacial score (nSPS) is 11.8. The monoisotopic (exact) mass is 331 g/mol. The van der Waals surface area contributed by atoms with Gasteiger partial charge in [-0.15, -0.1) is 0 Å². The molecule has 0 radical (unpaired) electrons. The number of nitrogens with zero attached hydrogens (tertiary/aromatic N) is 1. The van der Waals surface area contributed by atoms with Crippen molar-refractivity contribution in [3.63, 3.8) is 0 Å². The third-order valence-corrected chi connectivity index (χ3v) is 3.04. The second-order valence-corrected chi connectivity index (χ2v) is 4.91. The Morgan fingerprint density at radius 1 is 1.58 bits per heavy atom. The fourth-order valence-electron chi connectivity index (χ4n) is 1.38. The number of hydrogen-bond acceptors (Lipinski definition) is 4. The third-order valence-electron chi connectivity index (χ3n) is 2.38. The largest absolute Gasteiger partial charge is 0.394 e. The van der Waals surface area contributed by atoms with E-state index in [0.717, 1.165) is 0 Å². The number of halogens is 1. The minimum absolute atomic E-state index is 0.0753. The summed E-state index contributed by atoms with van der Waals surface area (Å²) in [6.07, 6.45) is 0. The van der Waals surface area contributed by atoms with Gasteiger partial charge in [-0.3, -0.25) is 10.1 Å². The molecule has 2 amide bonds. The van der Waals surface area contributed by atoms with Gasteiger partial charge >= 0.3 is 6.03 Å². The van der Waals surface area contributed by atoms with Gasteiger partial charge in [-0.05, 0) is 35.8 Å². The number of aliphatic hydroxyl groups excluding tert-OH is 1. The van der Waals surface area contributed by atoms with Crippen molar-refractivity contribution in [2.24, 2.45) is 0 Å². The van der Waals surface area contributed by atoms with Crippen LogP contribution in [0.4, 0.5) is 16.2 Å². The van der Waals surface area contributed by atoms with Crippen LogP contribution in [0.5, 0.6) is 0 Å². The molecular formula is C11H14BrN3O4. The van der Waals surface area contributed by atoms with E-state index < -0.39 is 17.0 Å². The molecule has 1 aromatic rings. The Hall–Kier alpha value is -1.67. The summed E-state index contributed by atoms with van der Waals surface area (Å²) in [7, 11) is 0. The zero-order valence-electron chi connectivity index (χ0n) is 10.4. The van der Waals surface area contributed by atoms with Gasteiger partial charge in [-0.2, -0.15) is 0 Å². The quantitative estimate of drug-likeness (QED) is 0.580. The highest BCUT2D eigenvalue weighted by atomic mass is 79.9. The Bertz CT molecular complexity index is 507. The van der Waals surface area contributed by atoms with Crippen molar-refractivity contribution < 1.29 is 14.8 Å². The number of rotatable bonds is 4. The van der Waals surface area contributed by atoms with E-state index in [1.807, 2.05) is 0 Å². The van der Waals surface area contributed by atoms with Crippen LogP contribution in [0.2, 0.25) is 0 Å². The van der Waals surface area contributed by atoms with Crippen LogP contribution < -0.4 is 10.6 Å². The number of nitro benzene ring substituents is 1. The summed E-state index contributed by atoms with van der Waals surface area (Å²) in [6, 6.07) is 1.89. The Morgan fingerprint density at radius 2 is 2.21 bits per heavy atom. The van der Waals surface area contributed by atoms with Crippen LogP contribution in [-0.4, -0.2) is 28.7 Å². The van der Waals surface area contributed by atoms with Gasteiger partial charge in [-0.25, -0.2) is 4.79 Å². The standard InChI is InChI=1S/C11H14BrN3O4/c1-6-3-8(12)9(4-10(6)15(18)19)14-11(17)13-7(2)5-16/h3-4,7,16H,5H2,1-2H3,(H2,13,14,17)/t7-/m0/s1. The molecule has 1 aromatic carbocycles. The molecule has 3 N–H and O–H groups in total. The lowest BCUT2D eigenvalue weighted by Gasteiger charge is -2.13. The van der Waals surface area contributed by atoms with Gasteiger partial charge in [0.2, 0.25) is 0 Å². The van der Waals surface area contributed by atoms with Gasteiger partial charge in [0.05, 0.1) is 23.3 Å². The number of benzene rings is 1. The average molecular weight is 332 g/mol. The molecule has 0 bridgehead atoms. The second-order valence-electron chi connectivity index (χ2n) is 4.06. The minimum atomic E-state index is -0.541. The Morgan fingerprint density at radius 3 is 2.74 bits per heavy atom. The number of carbonyl (C=O) groups excluding carboxylic acids is 1. The molecule has 0 unspecified atom stereocenters. The van der Waals surface area contributed by atoms with Crippen molar-refractivity contribution >= 4 is 33.3 Å². The fourth-order valence-corrected chi connectivity index (χ4v) is 1.94. The first-order valence-electron chi connectivity index (χ1n) is 5.48.